The Bertz CT molecular complexity index is 1280. The molecule has 8 nitrogen and oxygen atoms in total. The first-order valence-corrected chi connectivity index (χ1v) is 11.4. The van der Waals surface area contributed by atoms with Crippen molar-refractivity contribution in [3.05, 3.63) is 48.0 Å². The minimum Gasteiger partial charge on any atom is -0.472 e. The van der Waals surface area contributed by atoms with Gasteiger partial charge in [-0.2, -0.15) is 5.10 Å². The van der Waals surface area contributed by atoms with Crippen molar-refractivity contribution in [1.82, 2.24) is 24.7 Å². The molecule has 0 unspecified atom stereocenters. The van der Waals surface area contributed by atoms with E-state index in [1.165, 1.54) is 0 Å². The molecule has 4 aromatic heterocycles. The lowest BCUT2D eigenvalue weighted by atomic mass is 9.93. The van der Waals surface area contributed by atoms with Crippen molar-refractivity contribution in [3.8, 4) is 17.3 Å². The molecule has 0 amide bonds. The Kier molecular flexibility index (Phi) is 5.70. The summed E-state index contributed by atoms with van der Waals surface area (Å²) in [6.07, 6.45) is 8.37. The van der Waals surface area contributed by atoms with Crippen LogP contribution in [-0.4, -0.2) is 37.4 Å². The second kappa shape index (κ2) is 8.80. The van der Waals surface area contributed by atoms with Crippen molar-refractivity contribution < 1.29 is 13.5 Å². The summed E-state index contributed by atoms with van der Waals surface area (Å²) >= 11 is 0. The first-order valence-electron chi connectivity index (χ1n) is 11.4. The van der Waals surface area contributed by atoms with Crippen molar-refractivity contribution in [2.24, 2.45) is 0 Å². The number of pyridine rings is 2. The van der Waals surface area contributed by atoms with Crippen LogP contribution in [0.2, 0.25) is 0 Å². The van der Waals surface area contributed by atoms with Crippen LogP contribution in [0.1, 0.15) is 50.1 Å². The summed E-state index contributed by atoms with van der Waals surface area (Å²) < 4.78 is 28.1. The zero-order valence-electron chi connectivity index (χ0n) is 19.0. The van der Waals surface area contributed by atoms with Gasteiger partial charge in [0.2, 0.25) is 0 Å². The van der Waals surface area contributed by atoms with E-state index in [9.17, 15) is 4.39 Å². The average molecular weight is 451 g/mol. The molecular formula is C24H27FN6O2. The number of nitrogens with one attached hydrogen (secondary N) is 1. The Morgan fingerprint density at radius 3 is 2.70 bits per heavy atom. The van der Waals surface area contributed by atoms with Gasteiger partial charge in [0.15, 0.2) is 17.5 Å². The van der Waals surface area contributed by atoms with Crippen LogP contribution in [-0.2, 0) is 0 Å². The third-order valence-corrected chi connectivity index (χ3v) is 6.12. The number of anilines is 1. The predicted molar refractivity (Wildman–Crippen MR) is 123 cm³/mol. The van der Waals surface area contributed by atoms with Crippen LogP contribution in [0.25, 0.3) is 22.4 Å². The molecule has 0 bridgehead atoms. The van der Waals surface area contributed by atoms with Gasteiger partial charge >= 0.3 is 0 Å². The second-order valence-electron chi connectivity index (χ2n) is 8.45. The molecular weight excluding hydrogens is 423 g/mol. The highest BCUT2D eigenvalue weighted by molar-refractivity contribution is 5.92. The highest BCUT2D eigenvalue weighted by Gasteiger charge is 2.28. The van der Waals surface area contributed by atoms with Gasteiger partial charge in [0.25, 0.3) is 5.88 Å². The van der Waals surface area contributed by atoms with E-state index in [2.05, 4.69) is 25.0 Å². The molecule has 0 aromatic carbocycles. The maximum Gasteiger partial charge on any atom is 0.250 e. The monoisotopic (exact) mass is 450 g/mol. The lowest BCUT2D eigenvalue weighted by molar-refractivity contribution is 0.120. The summed E-state index contributed by atoms with van der Waals surface area (Å²) in [4.78, 5) is 12.8. The van der Waals surface area contributed by atoms with Gasteiger partial charge in [0, 0.05) is 37.3 Å². The van der Waals surface area contributed by atoms with Crippen molar-refractivity contribution in [3.63, 3.8) is 0 Å². The number of nitrogens with zero attached hydrogens (tertiary/aromatic N) is 5. The largest absolute Gasteiger partial charge is 0.472 e. The van der Waals surface area contributed by atoms with Crippen LogP contribution in [0.5, 0.6) is 5.88 Å². The molecule has 0 saturated heterocycles. The van der Waals surface area contributed by atoms with E-state index in [0.29, 0.717) is 17.2 Å². The van der Waals surface area contributed by atoms with Crippen molar-refractivity contribution in [2.45, 2.75) is 58.6 Å². The van der Waals surface area contributed by atoms with Gasteiger partial charge < -0.3 is 14.5 Å². The molecule has 0 radical (unpaired) electrons. The Labute approximate surface area is 191 Å². The van der Waals surface area contributed by atoms with E-state index in [1.54, 1.807) is 25.4 Å². The fourth-order valence-corrected chi connectivity index (χ4v) is 4.40. The van der Waals surface area contributed by atoms with Gasteiger partial charge in [0.1, 0.15) is 17.6 Å². The molecule has 172 valence electrons. The van der Waals surface area contributed by atoms with Crippen LogP contribution in [0.15, 0.2) is 35.1 Å². The van der Waals surface area contributed by atoms with Gasteiger partial charge in [-0.05, 0) is 51.2 Å². The van der Waals surface area contributed by atoms with E-state index in [0.717, 1.165) is 54.6 Å². The first kappa shape index (κ1) is 21.4. The topological polar surface area (TPSA) is 90.9 Å². The third-order valence-electron chi connectivity index (χ3n) is 6.12. The van der Waals surface area contributed by atoms with Crippen LogP contribution in [0.3, 0.4) is 0 Å². The Morgan fingerprint density at radius 2 is 1.97 bits per heavy atom. The molecule has 0 atom stereocenters. The van der Waals surface area contributed by atoms with Gasteiger partial charge in [-0.15, -0.1) is 0 Å². The van der Waals surface area contributed by atoms with Crippen LogP contribution < -0.4 is 10.1 Å². The Morgan fingerprint density at radius 1 is 1.15 bits per heavy atom. The summed E-state index contributed by atoms with van der Waals surface area (Å²) in [6, 6.07) is 3.87. The molecule has 33 heavy (non-hydrogen) atoms. The third kappa shape index (κ3) is 4.15. The molecule has 4 heterocycles. The molecule has 9 heteroatoms. The van der Waals surface area contributed by atoms with Crippen molar-refractivity contribution in [2.75, 3.05) is 11.9 Å². The lowest BCUT2D eigenvalue weighted by Crippen LogP contribution is -2.27. The standard InChI is InChI=1S/C24H27FN6O2/c1-4-26-21-11-19-18(12-29-21)23(20-13-28-15(3)32-20)30-31(19)16-5-7-17(8-6-16)33-24-22(25)14(2)9-10-27-24/h9-13,16-17H,4-8H2,1-3H3,(H,26,29). The summed E-state index contributed by atoms with van der Waals surface area (Å²) in [5.74, 6) is 1.75. The van der Waals surface area contributed by atoms with Gasteiger partial charge in [0.05, 0.1) is 17.8 Å². The molecule has 4 aromatic rings. The molecule has 1 saturated carbocycles. The molecule has 1 aliphatic carbocycles. The normalized spacial score (nSPS) is 18.5. The molecule has 5 rings (SSSR count). The van der Waals surface area contributed by atoms with Gasteiger partial charge in [-0.25, -0.2) is 19.3 Å². The van der Waals surface area contributed by atoms with Crippen LogP contribution in [0, 0.1) is 19.7 Å². The van der Waals surface area contributed by atoms with Crippen LogP contribution in [0.4, 0.5) is 10.2 Å². The maximum absolute atomic E-state index is 14.3. The number of aryl methyl sites for hydroxylation is 2. The maximum atomic E-state index is 14.3. The second-order valence-corrected chi connectivity index (χ2v) is 8.45. The Hall–Kier alpha value is -3.49. The molecule has 1 aliphatic rings. The quantitative estimate of drug-likeness (QED) is 0.430. The lowest BCUT2D eigenvalue weighted by Gasteiger charge is -2.29. The average Bonchev–Trinajstić information content (AvgIpc) is 3.41. The van der Waals surface area contributed by atoms with Gasteiger partial charge in [-0.1, -0.05) is 0 Å². The summed E-state index contributed by atoms with van der Waals surface area (Å²) in [6.45, 7) is 6.36. The predicted octanol–water partition coefficient (Wildman–Crippen LogP) is 5.23. The van der Waals surface area contributed by atoms with Crippen molar-refractivity contribution in [1.29, 1.82) is 0 Å². The van der Waals surface area contributed by atoms with Gasteiger partial charge in [-0.3, -0.25) is 4.68 Å². The SMILES string of the molecule is CCNc1cc2c(cn1)c(-c1cnc(C)o1)nn2C1CCC(Oc2nccc(C)c2F)CC1. The highest BCUT2D eigenvalue weighted by atomic mass is 19.1. The Balaban J connectivity index is 1.41. The number of oxazole rings is 1. The molecule has 1 N–H and O–H groups in total. The van der Waals surface area contributed by atoms with E-state index < -0.39 is 0 Å². The fraction of sp³-hybridized carbons (Fsp3) is 0.417. The minimum absolute atomic E-state index is 0.0674. The number of ether oxygens (including phenoxy) is 1. The van der Waals surface area contributed by atoms with E-state index in [1.807, 2.05) is 26.1 Å². The fourth-order valence-electron chi connectivity index (χ4n) is 4.40. The molecule has 0 spiro atoms. The smallest absolute Gasteiger partial charge is 0.250 e. The molecule has 0 aliphatic heterocycles. The summed E-state index contributed by atoms with van der Waals surface area (Å²) in [5, 5.41) is 9.14. The number of halogens is 1. The number of fused-ring (bicyclic) bond motifs is 1. The zero-order chi connectivity index (χ0) is 22.9. The van der Waals surface area contributed by atoms with Crippen molar-refractivity contribution >= 4 is 16.7 Å². The number of rotatable bonds is 6. The summed E-state index contributed by atoms with van der Waals surface area (Å²) in [5.41, 5.74) is 2.28. The highest BCUT2D eigenvalue weighted by Crippen LogP contribution is 2.36. The van der Waals surface area contributed by atoms with E-state index in [-0.39, 0.29) is 23.8 Å². The summed E-state index contributed by atoms with van der Waals surface area (Å²) in [7, 11) is 0. The molecule has 1 fully saturated rings. The minimum atomic E-state index is -0.381. The number of aromatic nitrogens is 5. The zero-order valence-corrected chi connectivity index (χ0v) is 19.0. The van der Waals surface area contributed by atoms with Crippen LogP contribution >= 0.6 is 0 Å². The number of hydrogen-bond donors (Lipinski definition) is 1. The van der Waals surface area contributed by atoms with E-state index >= 15 is 0 Å². The number of hydrogen-bond acceptors (Lipinski definition) is 7. The van der Waals surface area contributed by atoms with E-state index in [4.69, 9.17) is 14.3 Å². The first-order chi connectivity index (χ1) is 16.0.